The first-order chi connectivity index (χ1) is 11.8. The van der Waals surface area contributed by atoms with Crippen LogP contribution in [0.5, 0.6) is 0 Å². The van der Waals surface area contributed by atoms with Crippen molar-refractivity contribution in [1.29, 1.82) is 0 Å². The van der Waals surface area contributed by atoms with E-state index in [9.17, 15) is 0 Å². The summed E-state index contributed by atoms with van der Waals surface area (Å²) >= 11 is 0. The van der Waals surface area contributed by atoms with E-state index in [0.717, 1.165) is 56.3 Å². The van der Waals surface area contributed by atoms with Crippen LogP contribution in [0.4, 0.5) is 5.82 Å². The molecule has 140 valence electrons. The average molecular weight is 457 g/mol. The summed E-state index contributed by atoms with van der Waals surface area (Å²) in [5.41, 5.74) is 0. The van der Waals surface area contributed by atoms with Crippen LogP contribution < -0.4 is 10.2 Å². The zero-order chi connectivity index (χ0) is 16.8. The Labute approximate surface area is 169 Å². The molecule has 1 saturated heterocycles. The molecular weight excluding hydrogens is 425 g/mol. The summed E-state index contributed by atoms with van der Waals surface area (Å²) < 4.78 is 0. The number of piperazine rings is 1. The van der Waals surface area contributed by atoms with Crippen molar-refractivity contribution < 1.29 is 0 Å². The quantitative estimate of drug-likeness (QED) is 0.430. The van der Waals surface area contributed by atoms with Gasteiger partial charge in [-0.15, -0.1) is 24.0 Å². The molecule has 2 unspecified atom stereocenters. The molecule has 5 nitrogen and oxygen atoms in total. The molecule has 1 aliphatic heterocycles. The van der Waals surface area contributed by atoms with Crippen LogP contribution in [0.3, 0.4) is 0 Å². The van der Waals surface area contributed by atoms with Gasteiger partial charge in [-0.25, -0.2) is 4.98 Å². The second kappa shape index (κ2) is 10.2. The number of hydrogen-bond acceptors (Lipinski definition) is 3. The molecule has 2 fully saturated rings. The maximum Gasteiger partial charge on any atom is 0.193 e. The monoisotopic (exact) mass is 457 g/mol. The summed E-state index contributed by atoms with van der Waals surface area (Å²) in [5, 5.41) is 3.64. The molecular formula is C19H32IN5. The highest BCUT2D eigenvalue weighted by atomic mass is 127. The molecule has 1 aromatic heterocycles. The number of guanidine groups is 1. The summed E-state index contributed by atoms with van der Waals surface area (Å²) in [5.74, 6) is 3.78. The molecule has 1 aromatic rings. The Kier molecular flexibility index (Phi) is 8.26. The van der Waals surface area contributed by atoms with Crippen LogP contribution in [0.2, 0.25) is 0 Å². The average Bonchev–Trinajstić information content (AvgIpc) is 2.65. The highest BCUT2D eigenvalue weighted by Gasteiger charge is 2.24. The number of nitrogens with zero attached hydrogens (tertiary/aromatic N) is 4. The third-order valence-corrected chi connectivity index (χ3v) is 5.58. The lowest BCUT2D eigenvalue weighted by atomic mass is 9.80. The summed E-state index contributed by atoms with van der Waals surface area (Å²) in [6.45, 7) is 7.45. The summed E-state index contributed by atoms with van der Waals surface area (Å²) in [6.07, 6.45) is 7.40. The Morgan fingerprint density at radius 3 is 2.60 bits per heavy atom. The maximum atomic E-state index is 4.52. The Morgan fingerprint density at radius 1 is 1.20 bits per heavy atom. The number of rotatable bonds is 3. The molecule has 25 heavy (non-hydrogen) atoms. The van der Waals surface area contributed by atoms with Crippen LogP contribution in [-0.2, 0) is 0 Å². The van der Waals surface area contributed by atoms with Gasteiger partial charge in [0.2, 0.25) is 0 Å². The summed E-state index contributed by atoms with van der Waals surface area (Å²) in [4.78, 5) is 13.7. The van der Waals surface area contributed by atoms with Gasteiger partial charge in [-0.3, -0.25) is 4.99 Å². The fourth-order valence-corrected chi connectivity index (χ4v) is 3.94. The molecule has 2 heterocycles. The minimum Gasteiger partial charge on any atom is -0.356 e. The van der Waals surface area contributed by atoms with E-state index in [4.69, 9.17) is 0 Å². The van der Waals surface area contributed by atoms with Gasteiger partial charge in [-0.2, -0.15) is 0 Å². The lowest BCUT2D eigenvalue weighted by Gasteiger charge is -2.38. The van der Waals surface area contributed by atoms with E-state index in [1.54, 1.807) is 0 Å². The van der Waals surface area contributed by atoms with Crippen LogP contribution >= 0.6 is 24.0 Å². The molecule has 0 amide bonds. The smallest absolute Gasteiger partial charge is 0.193 e. The van der Waals surface area contributed by atoms with Crippen LogP contribution in [0.25, 0.3) is 0 Å². The van der Waals surface area contributed by atoms with Crippen molar-refractivity contribution in [2.24, 2.45) is 16.8 Å². The predicted molar refractivity (Wildman–Crippen MR) is 116 cm³/mol. The molecule has 2 atom stereocenters. The first-order valence-electron chi connectivity index (χ1n) is 9.39. The summed E-state index contributed by atoms with van der Waals surface area (Å²) in [7, 11) is 1.90. The van der Waals surface area contributed by atoms with Crippen molar-refractivity contribution in [3.8, 4) is 0 Å². The van der Waals surface area contributed by atoms with Crippen LogP contribution in [0.15, 0.2) is 29.4 Å². The number of hydrogen-bond donors (Lipinski definition) is 1. The van der Waals surface area contributed by atoms with E-state index in [0.29, 0.717) is 0 Å². The molecule has 1 saturated carbocycles. The van der Waals surface area contributed by atoms with E-state index in [1.165, 1.54) is 25.7 Å². The standard InChI is InChI=1S/C19H31N5.HI/c1-16-7-3-4-8-17(16)15-22-19(20-2)24-13-11-23(12-14-24)18-9-5-6-10-21-18;/h5-6,9-10,16-17H,3-4,7-8,11-15H2,1-2H3,(H,20,22);1H. The Morgan fingerprint density at radius 2 is 1.96 bits per heavy atom. The molecule has 2 aliphatic rings. The van der Waals surface area contributed by atoms with Crippen molar-refractivity contribution in [3.05, 3.63) is 24.4 Å². The van der Waals surface area contributed by atoms with Crippen molar-refractivity contribution in [2.75, 3.05) is 44.7 Å². The van der Waals surface area contributed by atoms with Gasteiger partial charge >= 0.3 is 0 Å². The van der Waals surface area contributed by atoms with Gasteiger partial charge in [-0.05, 0) is 30.4 Å². The van der Waals surface area contributed by atoms with Crippen molar-refractivity contribution in [1.82, 2.24) is 15.2 Å². The van der Waals surface area contributed by atoms with Gasteiger partial charge in [0.25, 0.3) is 0 Å². The molecule has 6 heteroatoms. The maximum absolute atomic E-state index is 4.52. The Bertz CT molecular complexity index is 528. The van der Waals surface area contributed by atoms with E-state index < -0.39 is 0 Å². The van der Waals surface area contributed by atoms with E-state index in [1.807, 2.05) is 19.3 Å². The zero-order valence-corrected chi connectivity index (χ0v) is 17.9. The third-order valence-electron chi connectivity index (χ3n) is 5.58. The summed E-state index contributed by atoms with van der Waals surface area (Å²) in [6, 6.07) is 6.12. The fourth-order valence-electron chi connectivity index (χ4n) is 3.94. The van der Waals surface area contributed by atoms with Gasteiger partial charge in [-0.1, -0.05) is 32.3 Å². The highest BCUT2D eigenvalue weighted by molar-refractivity contribution is 14.0. The van der Waals surface area contributed by atoms with Gasteiger partial charge in [0.15, 0.2) is 5.96 Å². The fraction of sp³-hybridized carbons (Fsp3) is 0.684. The van der Waals surface area contributed by atoms with E-state index in [2.05, 4.69) is 44.1 Å². The Balaban J connectivity index is 0.00000225. The molecule has 3 rings (SSSR count). The molecule has 1 aliphatic carbocycles. The van der Waals surface area contributed by atoms with Crippen molar-refractivity contribution in [2.45, 2.75) is 32.6 Å². The van der Waals surface area contributed by atoms with Gasteiger partial charge < -0.3 is 15.1 Å². The second-order valence-corrected chi connectivity index (χ2v) is 7.11. The number of aromatic nitrogens is 1. The normalized spacial score (nSPS) is 24.6. The van der Waals surface area contributed by atoms with Gasteiger partial charge in [0.05, 0.1) is 0 Å². The number of pyridine rings is 1. The molecule has 1 N–H and O–H groups in total. The topological polar surface area (TPSA) is 43.8 Å². The Hall–Kier alpha value is -1.05. The molecule has 0 spiro atoms. The van der Waals surface area contributed by atoms with Crippen molar-refractivity contribution in [3.63, 3.8) is 0 Å². The minimum absolute atomic E-state index is 0. The molecule has 0 aromatic carbocycles. The van der Waals surface area contributed by atoms with Crippen LogP contribution in [-0.4, -0.2) is 55.6 Å². The highest BCUT2D eigenvalue weighted by Crippen LogP contribution is 2.28. The lowest BCUT2D eigenvalue weighted by molar-refractivity contribution is 0.252. The molecule has 0 bridgehead atoms. The predicted octanol–water partition coefficient (Wildman–Crippen LogP) is 3.22. The van der Waals surface area contributed by atoms with E-state index >= 15 is 0 Å². The minimum atomic E-state index is 0. The second-order valence-electron chi connectivity index (χ2n) is 7.11. The first kappa shape index (κ1) is 20.3. The van der Waals surface area contributed by atoms with Gasteiger partial charge in [0.1, 0.15) is 5.82 Å². The largest absolute Gasteiger partial charge is 0.356 e. The first-order valence-corrected chi connectivity index (χ1v) is 9.39. The number of halogens is 1. The number of aliphatic imine (C=N–C) groups is 1. The SMILES string of the molecule is CN=C(NCC1CCCCC1C)N1CCN(c2ccccn2)CC1.I. The van der Waals surface area contributed by atoms with E-state index in [-0.39, 0.29) is 24.0 Å². The van der Waals surface area contributed by atoms with Crippen LogP contribution in [0, 0.1) is 11.8 Å². The van der Waals surface area contributed by atoms with Crippen molar-refractivity contribution >= 4 is 35.8 Å². The number of nitrogens with one attached hydrogen (secondary N) is 1. The van der Waals surface area contributed by atoms with Crippen LogP contribution in [0.1, 0.15) is 32.6 Å². The molecule has 0 radical (unpaired) electrons. The third kappa shape index (κ3) is 5.46. The lowest BCUT2D eigenvalue weighted by Crippen LogP contribution is -2.53. The number of anilines is 1. The zero-order valence-electron chi connectivity index (χ0n) is 15.5. The van der Waals surface area contributed by atoms with Gasteiger partial charge in [0, 0.05) is 46.0 Å².